The molecular formula is C17H27NO4. The molecule has 0 bridgehead atoms. The van der Waals surface area contributed by atoms with Gasteiger partial charge in [-0.05, 0) is 5.56 Å². The Hall–Kier alpha value is -0.980. The number of hydrogen-bond donors (Lipinski definition) is 0. The maximum atomic E-state index is 5.63. The van der Waals surface area contributed by atoms with Crippen molar-refractivity contribution in [2.45, 2.75) is 6.54 Å². The van der Waals surface area contributed by atoms with Crippen LogP contribution in [-0.4, -0.2) is 70.8 Å². The quantitative estimate of drug-likeness (QED) is 0.829. The maximum absolute atomic E-state index is 5.63. The summed E-state index contributed by atoms with van der Waals surface area (Å²) in [6.07, 6.45) is 0. The summed E-state index contributed by atoms with van der Waals surface area (Å²) >= 11 is 0. The average molecular weight is 309 g/mol. The minimum atomic E-state index is 0.615. The Labute approximate surface area is 133 Å². The Kier molecular flexibility index (Phi) is 9.14. The van der Waals surface area contributed by atoms with Gasteiger partial charge in [0.15, 0.2) is 0 Å². The number of ether oxygens (including phenoxy) is 4. The molecule has 124 valence electrons. The lowest BCUT2D eigenvalue weighted by atomic mass is 10.2. The van der Waals surface area contributed by atoms with Crippen LogP contribution in [-0.2, 0) is 25.5 Å². The predicted molar refractivity (Wildman–Crippen MR) is 85.0 cm³/mol. The molecule has 1 aliphatic rings. The Balaban J connectivity index is 1.77. The van der Waals surface area contributed by atoms with Gasteiger partial charge in [-0.1, -0.05) is 30.3 Å². The third kappa shape index (κ3) is 7.87. The molecule has 5 nitrogen and oxygen atoms in total. The molecule has 2 rings (SSSR count). The summed E-state index contributed by atoms with van der Waals surface area (Å²) in [5, 5.41) is 0. The van der Waals surface area contributed by atoms with Gasteiger partial charge in [0.2, 0.25) is 0 Å². The van der Waals surface area contributed by atoms with Gasteiger partial charge in [-0.15, -0.1) is 0 Å². The Morgan fingerprint density at radius 3 is 1.59 bits per heavy atom. The summed E-state index contributed by atoms with van der Waals surface area (Å²) in [6.45, 7) is 7.89. The predicted octanol–water partition coefficient (Wildman–Crippen LogP) is 1.57. The molecule has 22 heavy (non-hydrogen) atoms. The van der Waals surface area contributed by atoms with E-state index >= 15 is 0 Å². The van der Waals surface area contributed by atoms with E-state index in [0.717, 1.165) is 19.6 Å². The van der Waals surface area contributed by atoms with Crippen molar-refractivity contribution in [2.75, 3.05) is 65.9 Å². The highest BCUT2D eigenvalue weighted by Crippen LogP contribution is 2.04. The molecule has 0 N–H and O–H groups in total. The second-order valence-electron chi connectivity index (χ2n) is 5.21. The molecule has 1 aliphatic heterocycles. The van der Waals surface area contributed by atoms with Crippen LogP contribution in [0.15, 0.2) is 30.3 Å². The third-order valence-electron chi connectivity index (χ3n) is 3.47. The van der Waals surface area contributed by atoms with Crippen molar-refractivity contribution in [3.63, 3.8) is 0 Å². The lowest BCUT2D eigenvalue weighted by molar-refractivity contribution is 0.00206. The average Bonchev–Trinajstić information content (AvgIpc) is 2.56. The van der Waals surface area contributed by atoms with Crippen molar-refractivity contribution in [1.29, 1.82) is 0 Å². The van der Waals surface area contributed by atoms with E-state index in [4.69, 9.17) is 18.9 Å². The van der Waals surface area contributed by atoms with Gasteiger partial charge in [-0.3, -0.25) is 4.90 Å². The van der Waals surface area contributed by atoms with Crippen LogP contribution in [0.3, 0.4) is 0 Å². The van der Waals surface area contributed by atoms with E-state index in [1.165, 1.54) is 5.56 Å². The topological polar surface area (TPSA) is 40.2 Å². The van der Waals surface area contributed by atoms with Crippen LogP contribution in [0.2, 0.25) is 0 Å². The van der Waals surface area contributed by atoms with Crippen LogP contribution in [0.4, 0.5) is 0 Å². The fraction of sp³-hybridized carbons (Fsp3) is 0.647. The normalized spacial score (nSPS) is 20.9. The van der Waals surface area contributed by atoms with Gasteiger partial charge in [0.1, 0.15) is 0 Å². The highest BCUT2D eigenvalue weighted by atomic mass is 16.6. The summed E-state index contributed by atoms with van der Waals surface area (Å²) in [7, 11) is 0. The van der Waals surface area contributed by atoms with Crippen LogP contribution in [0.25, 0.3) is 0 Å². The standard InChI is InChI=1S/C17H27NO4/c1-2-4-17(5-3-1)16-18-6-8-19-10-12-21-14-15-22-13-11-20-9-7-18/h1-5H,6-16H2. The highest BCUT2D eigenvalue weighted by molar-refractivity contribution is 5.14. The SMILES string of the molecule is c1ccc(CN2CCOCCOCCOCCOCC2)cc1. The molecule has 1 heterocycles. The zero-order chi connectivity index (χ0) is 15.3. The Morgan fingerprint density at radius 2 is 1.09 bits per heavy atom. The number of nitrogens with zero attached hydrogens (tertiary/aromatic N) is 1. The van der Waals surface area contributed by atoms with Gasteiger partial charge in [0.25, 0.3) is 0 Å². The molecule has 1 aromatic rings. The molecule has 0 aromatic heterocycles. The van der Waals surface area contributed by atoms with E-state index in [1.54, 1.807) is 0 Å². The zero-order valence-corrected chi connectivity index (χ0v) is 13.2. The zero-order valence-electron chi connectivity index (χ0n) is 13.2. The van der Waals surface area contributed by atoms with Crippen molar-refractivity contribution in [3.8, 4) is 0 Å². The number of benzene rings is 1. The first-order chi connectivity index (χ1) is 10.9. The van der Waals surface area contributed by atoms with Crippen LogP contribution in [0, 0.1) is 0 Å². The first kappa shape index (κ1) is 17.4. The minimum Gasteiger partial charge on any atom is -0.378 e. The van der Waals surface area contributed by atoms with Gasteiger partial charge in [-0.2, -0.15) is 0 Å². The molecule has 1 fully saturated rings. The Bertz CT molecular complexity index is 358. The lowest BCUT2D eigenvalue weighted by Gasteiger charge is -2.22. The molecule has 0 radical (unpaired) electrons. The number of rotatable bonds is 2. The minimum absolute atomic E-state index is 0.615. The fourth-order valence-electron chi connectivity index (χ4n) is 2.26. The molecule has 0 amide bonds. The molecule has 1 aromatic carbocycles. The molecule has 5 heteroatoms. The largest absolute Gasteiger partial charge is 0.378 e. The molecule has 0 spiro atoms. The molecule has 0 aliphatic carbocycles. The van der Waals surface area contributed by atoms with Gasteiger partial charge >= 0.3 is 0 Å². The lowest BCUT2D eigenvalue weighted by Crippen LogP contribution is -2.31. The smallest absolute Gasteiger partial charge is 0.0701 e. The third-order valence-corrected chi connectivity index (χ3v) is 3.47. The second kappa shape index (κ2) is 11.6. The van der Waals surface area contributed by atoms with E-state index < -0.39 is 0 Å². The van der Waals surface area contributed by atoms with Crippen LogP contribution >= 0.6 is 0 Å². The number of hydrogen-bond acceptors (Lipinski definition) is 5. The van der Waals surface area contributed by atoms with E-state index in [2.05, 4.69) is 29.2 Å². The van der Waals surface area contributed by atoms with Crippen molar-refractivity contribution < 1.29 is 18.9 Å². The summed E-state index contributed by atoms with van der Waals surface area (Å²) in [6, 6.07) is 10.5. The van der Waals surface area contributed by atoms with E-state index in [0.29, 0.717) is 52.9 Å². The molecule has 0 saturated carbocycles. The van der Waals surface area contributed by atoms with Crippen LogP contribution in [0.5, 0.6) is 0 Å². The molecule has 1 saturated heterocycles. The van der Waals surface area contributed by atoms with Gasteiger partial charge < -0.3 is 18.9 Å². The van der Waals surface area contributed by atoms with Gasteiger partial charge in [0.05, 0.1) is 52.9 Å². The fourth-order valence-corrected chi connectivity index (χ4v) is 2.26. The summed E-state index contributed by atoms with van der Waals surface area (Å²) in [4.78, 5) is 2.36. The molecular weight excluding hydrogens is 282 g/mol. The summed E-state index contributed by atoms with van der Waals surface area (Å²) in [5.74, 6) is 0. The molecule has 0 atom stereocenters. The monoisotopic (exact) mass is 309 g/mol. The summed E-state index contributed by atoms with van der Waals surface area (Å²) in [5.41, 5.74) is 1.31. The van der Waals surface area contributed by atoms with Crippen LogP contribution in [0.1, 0.15) is 5.56 Å². The van der Waals surface area contributed by atoms with E-state index in [9.17, 15) is 0 Å². The van der Waals surface area contributed by atoms with E-state index in [-0.39, 0.29) is 0 Å². The summed E-state index contributed by atoms with van der Waals surface area (Å²) < 4.78 is 22.1. The van der Waals surface area contributed by atoms with Gasteiger partial charge in [0, 0.05) is 19.6 Å². The van der Waals surface area contributed by atoms with Crippen molar-refractivity contribution >= 4 is 0 Å². The first-order valence-electron chi connectivity index (χ1n) is 8.02. The first-order valence-corrected chi connectivity index (χ1v) is 8.02. The highest BCUT2D eigenvalue weighted by Gasteiger charge is 2.06. The maximum Gasteiger partial charge on any atom is 0.0701 e. The Morgan fingerprint density at radius 1 is 0.636 bits per heavy atom. The van der Waals surface area contributed by atoms with Crippen molar-refractivity contribution in [3.05, 3.63) is 35.9 Å². The van der Waals surface area contributed by atoms with Crippen molar-refractivity contribution in [2.24, 2.45) is 0 Å². The second-order valence-corrected chi connectivity index (χ2v) is 5.21. The van der Waals surface area contributed by atoms with Crippen LogP contribution < -0.4 is 0 Å². The van der Waals surface area contributed by atoms with E-state index in [1.807, 2.05) is 6.07 Å². The van der Waals surface area contributed by atoms with Crippen molar-refractivity contribution in [1.82, 2.24) is 4.90 Å². The van der Waals surface area contributed by atoms with Gasteiger partial charge in [-0.25, -0.2) is 0 Å². The molecule has 0 unspecified atom stereocenters.